The summed E-state index contributed by atoms with van der Waals surface area (Å²) in [7, 11) is 0. The minimum atomic E-state index is -0.111. The Morgan fingerprint density at radius 1 is 1.38 bits per heavy atom. The first-order valence-electron chi connectivity index (χ1n) is 8.56. The van der Waals surface area contributed by atoms with Crippen LogP contribution in [0.4, 0.5) is 0 Å². The molecule has 3 heterocycles. The number of carbonyl (C=O) groups excluding carboxylic acids is 1. The normalized spacial score (nSPS) is 20.9. The van der Waals surface area contributed by atoms with Crippen LogP contribution in [0.5, 0.6) is 0 Å². The summed E-state index contributed by atoms with van der Waals surface area (Å²) in [4.78, 5) is 12.4. The Kier molecular flexibility index (Phi) is 4.48. The molecule has 0 aliphatic carbocycles. The molecule has 1 fully saturated rings. The van der Waals surface area contributed by atoms with E-state index in [0.717, 1.165) is 54.5 Å². The highest BCUT2D eigenvalue weighted by Gasteiger charge is 2.26. The topological polar surface area (TPSA) is 52.5 Å². The van der Waals surface area contributed by atoms with Gasteiger partial charge in [0.05, 0.1) is 6.61 Å². The predicted molar refractivity (Wildman–Crippen MR) is 92.5 cm³/mol. The first kappa shape index (κ1) is 15.9. The molecule has 1 aromatic carbocycles. The third-order valence-electron chi connectivity index (χ3n) is 4.76. The number of ether oxygens (including phenoxy) is 2. The Bertz CT molecular complexity index is 765. The van der Waals surface area contributed by atoms with Crippen LogP contribution in [0, 0.1) is 0 Å². The average molecular weight is 349 g/mol. The molecule has 1 amide bonds. The zero-order valence-electron chi connectivity index (χ0n) is 13.5. The van der Waals surface area contributed by atoms with Crippen LogP contribution in [0.2, 0.25) is 5.02 Å². The van der Waals surface area contributed by atoms with E-state index in [9.17, 15) is 4.79 Å². The predicted octanol–water partition coefficient (Wildman–Crippen LogP) is 3.12. The van der Waals surface area contributed by atoms with E-state index in [0.29, 0.717) is 24.7 Å². The summed E-state index contributed by atoms with van der Waals surface area (Å²) in [6, 6.07) is 5.81. The number of nitrogens with one attached hydrogen (secondary N) is 1. The number of hydrogen-bond acceptors (Lipinski definition) is 3. The van der Waals surface area contributed by atoms with E-state index in [-0.39, 0.29) is 12.2 Å². The number of carbonyl (C=O) groups is 1. The molecule has 0 bridgehead atoms. The van der Waals surface area contributed by atoms with Gasteiger partial charge >= 0.3 is 0 Å². The van der Waals surface area contributed by atoms with Gasteiger partial charge in [-0.25, -0.2) is 0 Å². The number of hydrogen-bond donors (Lipinski definition) is 1. The van der Waals surface area contributed by atoms with E-state index in [1.54, 1.807) is 0 Å². The number of fused-ring (bicyclic) bond motifs is 3. The zero-order valence-corrected chi connectivity index (χ0v) is 14.3. The van der Waals surface area contributed by atoms with Crippen LogP contribution in [0.3, 0.4) is 0 Å². The van der Waals surface area contributed by atoms with Gasteiger partial charge in [-0.05, 0) is 49.4 Å². The molecule has 2 aliphatic rings. The molecule has 1 atom stereocenters. The maximum absolute atomic E-state index is 12.4. The van der Waals surface area contributed by atoms with Crippen molar-refractivity contribution in [3.05, 3.63) is 34.5 Å². The minimum absolute atomic E-state index is 0.0162. The van der Waals surface area contributed by atoms with E-state index >= 15 is 0 Å². The molecule has 0 spiro atoms. The summed E-state index contributed by atoms with van der Waals surface area (Å²) in [5.74, 6) is -0.0162. The van der Waals surface area contributed by atoms with E-state index in [1.807, 2.05) is 18.2 Å². The van der Waals surface area contributed by atoms with Gasteiger partial charge in [-0.2, -0.15) is 0 Å². The molecule has 24 heavy (non-hydrogen) atoms. The van der Waals surface area contributed by atoms with Gasteiger partial charge < -0.3 is 19.4 Å². The van der Waals surface area contributed by atoms with Crippen molar-refractivity contribution in [2.75, 3.05) is 19.8 Å². The molecule has 128 valence electrons. The van der Waals surface area contributed by atoms with Gasteiger partial charge in [0, 0.05) is 35.6 Å². The Morgan fingerprint density at radius 2 is 2.29 bits per heavy atom. The highest BCUT2D eigenvalue weighted by Crippen LogP contribution is 2.31. The Hall–Kier alpha value is -1.56. The molecule has 2 aliphatic heterocycles. The van der Waals surface area contributed by atoms with Crippen LogP contribution in [-0.4, -0.2) is 36.5 Å². The summed E-state index contributed by atoms with van der Waals surface area (Å²) in [5, 5.41) is 4.70. The number of halogens is 1. The molecule has 1 saturated heterocycles. The molecule has 5 nitrogen and oxygen atoms in total. The van der Waals surface area contributed by atoms with Gasteiger partial charge in [0.2, 0.25) is 0 Å². The second-order valence-electron chi connectivity index (χ2n) is 6.31. The van der Waals surface area contributed by atoms with E-state index < -0.39 is 0 Å². The fourth-order valence-electron chi connectivity index (χ4n) is 3.64. The quantitative estimate of drug-likeness (QED) is 0.923. The van der Waals surface area contributed by atoms with Gasteiger partial charge in [-0.15, -0.1) is 0 Å². The van der Waals surface area contributed by atoms with Crippen LogP contribution in [-0.2, 0) is 22.4 Å². The van der Waals surface area contributed by atoms with Crippen LogP contribution < -0.4 is 5.32 Å². The fraction of sp³-hybridized carbons (Fsp3) is 0.500. The van der Waals surface area contributed by atoms with Crippen molar-refractivity contribution in [3.8, 4) is 0 Å². The van der Waals surface area contributed by atoms with E-state index in [2.05, 4.69) is 9.88 Å². The lowest BCUT2D eigenvalue weighted by molar-refractivity contribution is -0.163. The second kappa shape index (κ2) is 6.75. The van der Waals surface area contributed by atoms with Gasteiger partial charge in [0.15, 0.2) is 6.29 Å². The van der Waals surface area contributed by atoms with Crippen molar-refractivity contribution in [2.24, 2.45) is 0 Å². The average Bonchev–Trinajstić information content (AvgIpc) is 2.91. The third kappa shape index (κ3) is 2.92. The van der Waals surface area contributed by atoms with E-state index in [1.165, 1.54) is 0 Å². The highest BCUT2D eigenvalue weighted by molar-refractivity contribution is 6.31. The van der Waals surface area contributed by atoms with Crippen LogP contribution >= 0.6 is 11.6 Å². The molecular weight excluding hydrogens is 328 g/mol. The van der Waals surface area contributed by atoms with Crippen LogP contribution in [0.15, 0.2) is 18.2 Å². The molecule has 1 N–H and O–H groups in total. The van der Waals surface area contributed by atoms with Gasteiger partial charge in [0.25, 0.3) is 5.91 Å². The summed E-state index contributed by atoms with van der Waals surface area (Å²) in [6.07, 6.45) is 3.92. The van der Waals surface area contributed by atoms with Crippen molar-refractivity contribution in [2.45, 2.75) is 38.5 Å². The maximum Gasteiger partial charge on any atom is 0.268 e. The van der Waals surface area contributed by atoms with Crippen LogP contribution in [0.25, 0.3) is 10.9 Å². The Balaban J connectivity index is 1.61. The van der Waals surface area contributed by atoms with Gasteiger partial charge in [0.1, 0.15) is 5.69 Å². The largest absolute Gasteiger partial charge is 0.353 e. The monoisotopic (exact) mass is 348 g/mol. The number of aromatic nitrogens is 1. The smallest absolute Gasteiger partial charge is 0.268 e. The van der Waals surface area contributed by atoms with E-state index in [4.69, 9.17) is 21.1 Å². The number of amides is 1. The van der Waals surface area contributed by atoms with Gasteiger partial charge in [-0.3, -0.25) is 4.79 Å². The standard InChI is InChI=1S/C18H21ClN2O3/c19-12-4-5-15-14(11-12)13-6-7-20-18(22)17(13)21(15)8-10-24-16-3-1-2-9-23-16/h4-5,11,16H,1-3,6-10H2,(H,20,22)/t16-/m1/s1. The van der Waals surface area contributed by atoms with Crippen molar-refractivity contribution >= 4 is 28.4 Å². The highest BCUT2D eigenvalue weighted by atomic mass is 35.5. The first-order chi connectivity index (χ1) is 11.7. The lowest BCUT2D eigenvalue weighted by Crippen LogP contribution is -2.33. The van der Waals surface area contributed by atoms with Crippen LogP contribution in [0.1, 0.15) is 35.3 Å². The molecule has 6 heteroatoms. The lowest BCUT2D eigenvalue weighted by Gasteiger charge is -2.23. The third-order valence-corrected chi connectivity index (χ3v) is 5.00. The zero-order chi connectivity index (χ0) is 16.5. The van der Waals surface area contributed by atoms with Gasteiger partial charge in [-0.1, -0.05) is 11.6 Å². The summed E-state index contributed by atoms with van der Waals surface area (Å²) >= 11 is 6.16. The van der Waals surface area contributed by atoms with Crippen molar-refractivity contribution in [1.82, 2.24) is 9.88 Å². The van der Waals surface area contributed by atoms with Crippen molar-refractivity contribution in [1.29, 1.82) is 0 Å². The molecule has 2 aromatic rings. The first-order valence-corrected chi connectivity index (χ1v) is 8.94. The maximum atomic E-state index is 12.4. The summed E-state index contributed by atoms with van der Waals surface area (Å²) < 4.78 is 13.5. The molecular formula is C18H21ClN2O3. The number of rotatable bonds is 4. The van der Waals surface area contributed by atoms with Crippen molar-refractivity contribution < 1.29 is 14.3 Å². The summed E-state index contributed by atoms with van der Waals surface area (Å²) in [5.41, 5.74) is 2.87. The second-order valence-corrected chi connectivity index (χ2v) is 6.75. The SMILES string of the molecule is O=C1NCCc2c1n(CCO[C@@H]1CCCCO1)c1ccc(Cl)cc21. The Labute approximate surface area is 145 Å². The Morgan fingerprint density at radius 3 is 3.12 bits per heavy atom. The number of nitrogens with zero attached hydrogens (tertiary/aromatic N) is 1. The molecule has 0 saturated carbocycles. The minimum Gasteiger partial charge on any atom is -0.353 e. The molecule has 1 aromatic heterocycles. The summed E-state index contributed by atoms with van der Waals surface area (Å²) in [6.45, 7) is 2.59. The fourth-order valence-corrected chi connectivity index (χ4v) is 3.82. The van der Waals surface area contributed by atoms with Crippen molar-refractivity contribution in [3.63, 3.8) is 0 Å². The molecule has 0 unspecified atom stereocenters. The molecule has 0 radical (unpaired) electrons. The number of benzene rings is 1. The lowest BCUT2D eigenvalue weighted by atomic mass is 10.0. The molecule has 4 rings (SSSR count).